The highest BCUT2D eigenvalue weighted by Crippen LogP contribution is 2.20. The molecule has 0 radical (unpaired) electrons. The van der Waals surface area contributed by atoms with Crippen LogP contribution in [0.25, 0.3) is 0 Å². The van der Waals surface area contributed by atoms with E-state index in [0.717, 1.165) is 0 Å². The van der Waals surface area contributed by atoms with E-state index in [0.29, 0.717) is 0 Å². The van der Waals surface area contributed by atoms with Gasteiger partial charge < -0.3 is 5.32 Å². The van der Waals surface area contributed by atoms with E-state index in [9.17, 15) is 18.0 Å². The molecule has 1 rings (SSSR count). The predicted molar refractivity (Wildman–Crippen MR) is 54.7 cm³/mol. The molecule has 0 aromatic carbocycles. The summed E-state index contributed by atoms with van der Waals surface area (Å²) in [6.45, 7) is -0.0768. The quantitative estimate of drug-likeness (QED) is 0.851. The van der Waals surface area contributed by atoms with Gasteiger partial charge in [-0.1, -0.05) is 11.6 Å². The van der Waals surface area contributed by atoms with E-state index < -0.39 is 18.5 Å². The highest BCUT2D eigenvalue weighted by Gasteiger charge is 2.26. The SMILES string of the molecule is O=C(NCCCC(F)(F)F)c1cncc(Cl)n1. The molecule has 0 aliphatic carbocycles. The van der Waals surface area contributed by atoms with Gasteiger partial charge in [-0.25, -0.2) is 4.98 Å². The lowest BCUT2D eigenvalue weighted by molar-refractivity contribution is -0.135. The average molecular weight is 268 g/mol. The Balaban J connectivity index is 2.36. The molecule has 17 heavy (non-hydrogen) atoms. The number of aromatic nitrogens is 2. The lowest BCUT2D eigenvalue weighted by Gasteiger charge is -2.06. The van der Waals surface area contributed by atoms with Crippen molar-refractivity contribution >= 4 is 17.5 Å². The van der Waals surface area contributed by atoms with Crippen molar-refractivity contribution in [3.8, 4) is 0 Å². The van der Waals surface area contributed by atoms with Crippen molar-refractivity contribution in [2.75, 3.05) is 6.54 Å². The van der Waals surface area contributed by atoms with Crippen LogP contribution in [-0.4, -0.2) is 28.6 Å². The molecule has 1 aromatic heterocycles. The maximum atomic E-state index is 11.8. The molecule has 0 saturated carbocycles. The molecular weight excluding hydrogens is 259 g/mol. The Bertz CT molecular complexity index is 397. The normalized spacial score (nSPS) is 11.3. The lowest BCUT2D eigenvalue weighted by Crippen LogP contribution is -2.26. The van der Waals surface area contributed by atoms with E-state index in [4.69, 9.17) is 11.6 Å². The van der Waals surface area contributed by atoms with Gasteiger partial charge in [0.2, 0.25) is 0 Å². The van der Waals surface area contributed by atoms with Crippen molar-refractivity contribution in [1.82, 2.24) is 15.3 Å². The smallest absolute Gasteiger partial charge is 0.351 e. The van der Waals surface area contributed by atoms with E-state index in [1.807, 2.05) is 0 Å². The van der Waals surface area contributed by atoms with Crippen molar-refractivity contribution in [2.45, 2.75) is 19.0 Å². The molecule has 0 saturated heterocycles. The van der Waals surface area contributed by atoms with Gasteiger partial charge in [-0.15, -0.1) is 0 Å². The second-order valence-corrected chi connectivity index (χ2v) is 3.59. The molecule has 8 heteroatoms. The summed E-state index contributed by atoms with van der Waals surface area (Å²) in [5.74, 6) is -0.595. The lowest BCUT2D eigenvalue weighted by atomic mass is 10.3. The second-order valence-electron chi connectivity index (χ2n) is 3.20. The van der Waals surface area contributed by atoms with E-state index in [1.54, 1.807) is 0 Å². The number of nitrogens with zero attached hydrogens (tertiary/aromatic N) is 2. The molecular formula is C9H9ClF3N3O. The minimum absolute atomic E-state index is 0.0236. The maximum absolute atomic E-state index is 11.8. The molecule has 4 nitrogen and oxygen atoms in total. The third-order valence-electron chi connectivity index (χ3n) is 1.76. The fraction of sp³-hybridized carbons (Fsp3) is 0.444. The molecule has 1 N–H and O–H groups in total. The summed E-state index contributed by atoms with van der Waals surface area (Å²) in [5.41, 5.74) is -0.0236. The molecule has 0 unspecified atom stereocenters. The van der Waals surface area contributed by atoms with E-state index in [2.05, 4.69) is 15.3 Å². The van der Waals surface area contributed by atoms with Crippen molar-refractivity contribution in [1.29, 1.82) is 0 Å². The van der Waals surface area contributed by atoms with Crippen LogP contribution in [0.5, 0.6) is 0 Å². The van der Waals surface area contributed by atoms with Crippen LogP contribution in [0.4, 0.5) is 13.2 Å². The first-order chi connectivity index (χ1) is 7.88. The predicted octanol–water partition coefficient (Wildman–Crippen LogP) is 2.20. The number of nitrogens with one attached hydrogen (secondary N) is 1. The zero-order valence-electron chi connectivity index (χ0n) is 8.59. The number of hydrogen-bond acceptors (Lipinski definition) is 3. The summed E-state index contributed by atoms with van der Waals surface area (Å²) >= 11 is 5.51. The molecule has 0 spiro atoms. The van der Waals surface area contributed by atoms with Gasteiger partial charge in [0.05, 0.1) is 12.4 Å². The van der Waals surface area contributed by atoms with Crippen LogP contribution in [0.1, 0.15) is 23.3 Å². The summed E-state index contributed by atoms with van der Waals surface area (Å²) in [6, 6.07) is 0. The van der Waals surface area contributed by atoms with Gasteiger partial charge in [0.1, 0.15) is 10.8 Å². The van der Waals surface area contributed by atoms with Crippen LogP contribution in [0.3, 0.4) is 0 Å². The first kappa shape index (κ1) is 13.7. The van der Waals surface area contributed by atoms with Gasteiger partial charge >= 0.3 is 6.18 Å². The maximum Gasteiger partial charge on any atom is 0.389 e. The number of rotatable bonds is 4. The zero-order chi connectivity index (χ0) is 12.9. The number of halogens is 4. The Morgan fingerprint density at radius 1 is 1.41 bits per heavy atom. The molecule has 0 bridgehead atoms. The number of hydrogen-bond donors (Lipinski definition) is 1. The Labute approximate surface area is 100 Å². The number of carbonyl (C=O) groups is 1. The highest BCUT2D eigenvalue weighted by atomic mass is 35.5. The van der Waals surface area contributed by atoms with Crippen LogP contribution in [0.2, 0.25) is 5.15 Å². The van der Waals surface area contributed by atoms with Crippen molar-refractivity contribution in [2.24, 2.45) is 0 Å². The Morgan fingerprint density at radius 3 is 2.71 bits per heavy atom. The van der Waals surface area contributed by atoms with Crippen molar-refractivity contribution in [3.05, 3.63) is 23.2 Å². The van der Waals surface area contributed by atoms with Gasteiger partial charge in [0, 0.05) is 13.0 Å². The largest absolute Gasteiger partial charge is 0.389 e. The monoisotopic (exact) mass is 267 g/mol. The van der Waals surface area contributed by atoms with Crippen molar-refractivity contribution < 1.29 is 18.0 Å². The van der Waals surface area contributed by atoms with Gasteiger partial charge in [0.25, 0.3) is 5.91 Å². The minimum Gasteiger partial charge on any atom is -0.351 e. The third-order valence-corrected chi connectivity index (χ3v) is 1.94. The number of alkyl halides is 3. The first-order valence-electron chi connectivity index (χ1n) is 4.71. The summed E-state index contributed by atoms with van der Waals surface area (Å²) in [6.07, 6.45) is -2.88. The van der Waals surface area contributed by atoms with Crippen molar-refractivity contribution in [3.63, 3.8) is 0 Å². The van der Waals surface area contributed by atoms with Gasteiger partial charge in [-0.05, 0) is 6.42 Å². The first-order valence-corrected chi connectivity index (χ1v) is 5.09. The molecule has 1 aromatic rings. The molecule has 0 atom stereocenters. The molecule has 1 heterocycles. The van der Waals surface area contributed by atoms with E-state index in [-0.39, 0.29) is 23.8 Å². The van der Waals surface area contributed by atoms with Crippen LogP contribution in [0, 0.1) is 0 Å². The number of amides is 1. The molecule has 0 aliphatic rings. The van der Waals surface area contributed by atoms with Gasteiger partial charge in [0.15, 0.2) is 0 Å². The summed E-state index contributed by atoms with van der Waals surface area (Å²) in [7, 11) is 0. The van der Waals surface area contributed by atoms with E-state index >= 15 is 0 Å². The fourth-order valence-corrected chi connectivity index (χ4v) is 1.18. The topological polar surface area (TPSA) is 54.9 Å². The van der Waals surface area contributed by atoms with Crippen LogP contribution in [-0.2, 0) is 0 Å². The average Bonchev–Trinajstić information content (AvgIpc) is 2.23. The summed E-state index contributed by atoms with van der Waals surface area (Å²) in [4.78, 5) is 18.7. The third kappa shape index (κ3) is 5.48. The van der Waals surface area contributed by atoms with E-state index in [1.165, 1.54) is 12.4 Å². The van der Waals surface area contributed by atoms with Crippen LogP contribution >= 0.6 is 11.6 Å². The second kappa shape index (κ2) is 5.81. The molecule has 0 fully saturated rings. The Kier molecular flexibility index (Phi) is 4.68. The Morgan fingerprint density at radius 2 is 2.12 bits per heavy atom. The molecule has 0 aliphatic heterocycles. The van der Waals surface area contributed by atoms with Crippen LogP contribution in [0.15, 0.2) is 12.4 Å². The van der Waals surface area contributed by atoms with Gasteiger partial charge in [-0.3, -0.25) is 9.78 Å². The highest BCUT2D eigenvalue weighted by molar-refractivity contribution is 6.29. The fourth-order valence-electron chi connectivity index (χ4n) is 1.03. The minimum atomic E-state index is -4.21. The number of carbonyl (C=O) groups excluding carboxylic acids is 1. The van der Waals surface area contributed by atoms with Crippen LogP contribution < -0.4 is 5.32 Å². The summed E-state index contributed by atoms with van der Waals surface area (Å²) < 4.78 is 35.4. The zero-order valence-corrected chi connectivity index (χ0v) is 9.35. The summed E-state index contributed by atoms with van der Waals surface area (Å²) in [5, 5.41) is 2.35. The molecule has 1 amide bonds. The molecule has 94 valence electrons. The Hall–Kier alpha value is -1.37. The standard InChI is InChI=1S/C9H9ClF3N3O/c10-7-5-14-4-6(16-7)8(17)15-3-1-2-9(11,12)13/h4-5H,1-3H2,(H,15,17). The van der Waals surface area contributed by atoms with Gasteiger partial charge in [-0.2, -0.15) is 13.2 Å².